The van der Waals surface area contributed by atoms with E-state index in [-0.39, 0.29) is 22.6 Å². The molecule has 2 rings (SSSR count). The lowest BCUT2D eigenvalue weighted by Gasteiger charge is -2.16. The number of carbonyl (C=O) groups excluding carboxylic acids is 2. The number of Topliss-reactive ketones (excluding diaryl/α,β-unsaturated/α-hetero) is 2. The van der Waals surface area contributed by atoms with Crippen molar-refractivity contribution in [3.8, 4) is 0 Å². The summed E-state index contributed by atoms with van der Waals surface area (Å²) in [7, 11) is 0. The molecule has 1 aliphatic rings. The molecule has 0 aromatic heterocycles. The van der Waals surface area contributed by atoms with Gasteiger partial charge in [0, 0.05) is 21.6 Å². The van der Waals surface area contributed by atoms with Gasteiger partial charge in [-0.3, -0.25) is 9.59 Å². The van der Waals surface area contributed by atoms with Crippen molar-refractivity contribution in [3.63, 3.8) is 0 Å². The number of ketones is 2. The van der Waals surface area contributed by atoms with Gasteiger partial charge >= 0.3 is 0 Å². The standard InChI is InChI=1S/C15H13N3O2/c1-2-3-4-9-12-13(17-18-16)15(20)11-8-6-5-7-10(11)14(12)19/h4-9H,2-3H2,1H3/b9-4+. The molecule has 5 nitrogen and oxygen atoms in total. The molecule has 0 aliphatic heterocycles. The molecule has 100 valence electrons. The summed E-state index contributed by atoms with van der Waals surface area (Å²) in [5, 5.41) is 3.41. The van der Waals surface area contributed by atoms with Gasteiger partial charge in [0.15, 0.2) is 11.6 Å². The molecule has 1 aromatic carbocycles. The summed E-state index contributed by atoms with van der Waals surface area (Å²) < 4.78 is 0. The minimum absolute atomic E-state index is 0.122. The predicted octanol–water partition coefficient (Wildman–Crippen LogP) is 3.99. The number of carbonyl (C=O) groups is 2. The van der Waals surface area contributed by atoms with Crippen LogP contribution in [0.15, 0.2) is 52.8 Å². The fraction of sp³-hybridized carbons (Fsp3) is 0.200. The van der Waals surface area contributed by atoms with Crippen molar-refractivity contribution in [1.29, 1.82) is 0 Å². The highest BCUT2D eigenvalue weighted by molar-refractivity contribution is 6.27. The molecule has 0 atom stereocenters. The Morgan fingerprint density at radius 3 is 2.45 bits per heavy atom. The van der Waals surface area contributed by atoms with Crippen molar-refractivity contribution in [2.75, 3.05) is 0 Å². The number of unbranched alkanes of at least 4 members (excludes halogenated alkanes) is 1. The van der Waals surface area contributed by atoms with Gasteiger partial charge in [-0.25, -0.2) is 0 Å². The summed E-state index contributed by atoms with van der Waals surface area (Å²) >= 11 is 0. The number of hydrogen-bond donors (Lipinski definition) is 0. The molecule has 0 amide bonds. The minimum atomic E-state index is -0.408. The van der Waals surface area contributed by atoms with Crippen LogP contribution in [0.3, 0.4) is 0 Å². The summed E-state index contributed by atoms with van der Waals surface area (Å²) in [5.74, 6) is -0.691. The van der Waals surface area contributed by atoms with Crippen molar-refractivity contribution in [2.24, 2.45) is 5.11 Å². The smallest absolute Gasteiger partial charge is 0.196 e. The quantitative estimate of drug-likeness (QED) is 0.469. The minimum Gasteiger partial charge on any atom is -0.289 e. The maximum absolute atomic E-state index is 12.4. The number of nitrogens with zero attached hydrogens (tertiary/aromatic N) is 3. The molecule has 0 unspecified atom stereocenters. The predicted molar refractivity (Wildman–Crippen MR) is 75.3 cm³/mol. The molecule has 1 aliphatic carbocycles. The van der Waals surface area contributed by atoms with Gasteiger partial charge in [-0.05, 0) is 12.0 Å². The van der Waals surface area contributed by atoms with Gasteiger partial charge < -0.3 is 0 Å². The fourth-order valence-corrected chi connectivity index (χ4v) is 2.05. The molecule has 20 heavy (non-hydrogen) atoms. The first-order valence-corrected chi connectivity index (χ1v) is 6.35. The molecule has 0 radical (unpaired) electrons. The molecule has 0 fully saturated rings. The first-order chi connectivity index (χ1) is 9.70. The number of azide groups is 1. The average Bonchev–Trinajstić information content (AvgIpc) is 2.47. The van der Waals surface area contributed by atoms with Gasteiger partial charge in [-0.1, -0.05) is 54.9 Å². The normalized spacial score (nSPS) is 14.4. The molecule has 0 spiro atoms. The third-order valence-electron chi connectivity index (χ3n) is 3.02. The second-order valence-corrected chi connectivity index (χ2v) is 4.35. The Hall–Kier alpha value is -2.65. The van der Waals surface area contributed by atoms with Crippen LogP contribution < -0.4 is 0 Å². The lowest BCUT2D eigenvalue weighted by atomic mass is 9.87. The number of fused-ring (bicyclic) bond motifs is 1. The zero-order chi connectivity index (χ0) is 14.5. The molecule has 5 heteroatoms. The zero-order valence-electron chi connectivity index (χ0n) is 11.0. The Morgan fingerprint density at radius 1 is 1.20 bits per heavy atom. The van der Waals surface area contributed by atoms with Gasteiger partial charge in [-0.2, -0.15) is 0 Å². The second kappa shape index (κ2) is 5.99. The van der Waals surface area contributed by atoms with E-state index < -0.39 is 5.78 Å². The number of benzene rings is 1. The molecule has 0 saturated heterocycles. The highest BCUT2D eigenvalue weighted by Crippen LogP contribution is 2.28. The van der Waals surface area contributed by atoms with E-state index >= 15 is 0 Å². The first kappa shape index (κ1) is 13.8. The van der Waals surface area contributed by atoms with Crippen LogP contribution in [0.1, 0.15) is 40.5 Å². The van der Waals surface area contributed by atoms with E-state index in [0.29, 0.717) is 5.56 Å². The van der Waals surface area contributed by atoms with Gasteiger partial charge in [-0.15, -0.1) is 0 Å². The van der Waals surface area contributed by atoms with Crippen molar-refractivity contribution in [3.05, 3.63) is 69.3 Å². The molecular formula is C15H13N3O2. The number of allylic oxidation sites excluding steroid dienone is 4. The Morgan fingerprint density at radius 2 is 1.85 bits per heavy atom. The van der Waals surface area contributed by atoms with Gasteiger partial charge in [0.2, 0.25) is 0 Å². The van der Waals surface area contributed by atoms with Crippen molar-refractivity contribution < 1.29 is 9.59 Å². The monoisotopic (exact) mass is 267 g/mol. The van der Waals surface area contributed by atoms with Crippen LogP contribution in [0.5, 0.6) is 0 Å². The molecule has 0 heterocycles. The van der Waals surface area contributed by atoms with Crippen LogP contribution in [0.4, 0.5) is 0 Å². The summed E-state index contributed by atoms with van der Waals surface area (Å²) in [6.07, 6.45) is 5.10. The maximum atomic E-state index is 12.4. The van der Waals surface area contributed by atoms with E-state index in [1.54, 1.807) is 36.4 Å². The third kappa shape index (κ3) is 2.39. The highest BCUT2D eigenvalue weighted by Gasteiger charge is 2.29. The number of hydrogen-bond acceptors (Lipinski definition) is 3. The van der Waals surface area contributed by atoms with Crippen molar-refractivity contribution in [1.82, 2.24) is 0 Å². The van der Waals surface area contributed by atoms with E-state index in [1.807, 2.05) is 6.92 Å². The Labute approximate surface area is 116 Å². The lowest BCUT2D eigenvalue weighted by Crippen LogP contribution is -2.20. The fourth-order valence-electron chi connectivity index (χ4n) is 2.05. The molecule has 0 bridgehead atoms. The SMILES string of the molecule is CCC/C=C/C1=C(N=[N+]=[N-])C(=O)c2ccccc2C1=O. The molecule has 0 N–H and O–H groups in total. The molecular weight excluding hydrogens is 254 g/mol. The van der Waals surface area contributed by atoms with E-state index in [9.17, 15) is 9.59 Å². The lowest BCUT2D eigenvalue weighted by molar-refractivity contribution is 0.0976. The van der Waals surface area contributed by atoms with Crippen LogP contribution >= 0.6 is 0 Å². The molecule has 1 aromatic rings. The van der Waals surface area contributed by atoms with Crippen LogP contribution in [-0.2, 0) is 0 Å². The largest absolute Gasteiger partial charge is 0.289 e. The van der Waals surface area contributed by atoms with E-state index in [1.165, 1.54) is 0 Å². The summed E-state index contributed by atoms with van der Waals surface area (Å²) in [6.45, 7) is 2.01. The number of rotatable bonds is 4. The van der Waals surface area contributed by atoms with Crippen molar-refractivity contribution >= 4 is 11.6 Å². The highest BCUT2D eigenvalue weighted by atomic mass is 16.1. The average molecular weight is 267 g/mol. The first-order valence-electron chi connectivity index (χ1n) is 6.35. The zero-order valence-corrected chi connectivity index (χ0v) is 11.0. The van der Waals surface area contributed by atoms with Crippen LogP contribution in [0.25, 0.3) is 10.4 Å². The van der Waals surface area contributed by atoms with E-state index in [0.717, 1.165) is 12.8 Å². The van der Waals surface area contributed by atoms with Crippen molar-refractivity contribution in [2.45, 2.75) is 19.8 Å². The van der Waals surface area contributed by atoms with Crippen LogP contribution in [-0.4, -0.2) is 11.6 Å². The summed E-state index contributed by atoms with van der Waals surface area (Å²) in [5.41, 5.74) is 9.28. The van der Waals surface area contributed by atoms with E-state index in [2.05, 4.69) is 10.0 Å². The second-order valence-electron chi connectivity index (χ2n) is 4.35. The van der Waals surface area contributed by atoms with Gasteiger partial charge in [0.25, 0.3) is 0 Å². The van der Waals surface area contributed by atoms with Crippen LogP contribution in [0, 0.1) is 0 Å². The molecule has 0 saturated carbocycles. The van der Waals surface area contributed by atoms with Gasteiger partial charge in [0.1, 0.15) is 0 Å². The topological polar surface area (TPSA) is 82.9 Å². The maximum Gasteiger partial charge on any atom is 0.196 e. The van der Waals surface area contributed by atoms with Gasteiger partial charge in [0.05, 0.1) is 5.70 Å². The third-order valence-corrected chi connectivity index (χ3v) is 3.02. The van der Waals surface area contributed by atoms with Crippen LogP contribution in [0.2, 0.25) is 0 Å². The Kier molecular flexibility index (Phi) is 4.13. The Balaban J connectivity index is 2.59. The Bertz CT molecular complexity index is 680. The summed E-state index contributed by atoms with van der Waals surface area (Å²) in [6, 6.07) is 6.55. The summed E-state index contributed by atoms with van der Waals surface area (Å²) in [4.78, 5) is 27.3. The van der Waals surface area contributed by atoms with E-state index in [4.69, 9.17) is 5.53 Å².